The average molecular weight is 536 g/mol. The molecule has 9 heteroatoms. The Labute approximate surface area is 195 Å². The first-order valence-corrected chi connectivity index (χ1v) is 10.1. The molecule has 0 aliphatic rings. The number of aromatic nitrogens is 2. The van der Waals surface area contributed by atoms with Gasteiger partial charge in [0.05, 0.1) is 0 Å². The van der Waals surface area contributed by atoms with Crippen LogP contribution in [0, 0.1) is 5.92 Å². The number of rotatable bonds is 11. The molecule has 0 amide bonds. The molecule has 0 bridgehead atoms. The average Bonchev–Trinajstić information content (AvgIpc) is 3.13. The van der Waals surface area contributed by atoms with Gasteiger partial charge in [-0.2, -0.15) is 4.98 Å². The molecule has 0 saturated heterocycles. The summed E-state index contributed by atoms with van der Waals surface area (Å²) in [5.41, 5.74) is 0.838. The summed E-state index contributed by atoms with van der Waals surface area (Å²) in [6, 6.07) is 7.39. The third-order valence-electron chi connectivity index (χ3n) is 3.69. The van der Waals surface area contributed by atoms with Gasteiger partial charge in [-0.1, -0.05) is 42.7 Å². The van der Waals surface area contributed by atoms with Gasteiger partial charge in [0, 0.05) is 49.9 Å². The highest BCUT2D eigenvalue weighted by Gasteiger charge is 2.09. The fraction of sp³-hybridized carbons (Fsp3) is 0.550. The summed E-state index contributed by atoms with van der Waals surface area (Å²) in [5, 5.41) is 11.2. The van der Waals surface area contributed by atoms with Gasteiger partial charge in [0.25, 0.3) is 0 Å². The zero-order valence-electron chi connectivity index (χ0n) is 17.3. The quantitative estimate of drug-likeness (QED) is 0.194. The van der Waals surface area contributed by atoms with Crippen molar-refractivity contribution in [1.82, 2.24) is 20.8 Å². The molecule has 7 nitrogen and oxygen atoms in total. The molecule has 0 aliphatic heterocycles. The molecule has 0 radical (unpaired) electrons. The van der Waals surface area contributed by atoms with E-state index in [1.165, 1.54) is 0 Å². The highest BCUT2D eigenvalue weighted by Crippen LogP contribution is 2.19. The molecule has 2 N–H and O–H groups in total. The molecular formula is C20H31ClIN5O2. The molecule has 1 aromatic carbocycles. The van der Waals surface area contributed by atoms with Crippen LogP contribution in [0.15, 0.2) is 33.8 Å². The molecule has 0 fully saturated rings. The van der Waals surface area contributed by atoms with Crippen LogP contribution in [0.4, 0.5) is 0 Å². The van der Waals surface area contributed by atoms with Gasteiger partial charge in [0.1, 0.15) is 0 Å². The first-order valence-electron chi connectivity index (χ1n) is 9.77. The Bertz CT molecular complexity index is 739. The van der Waals surface area contributed by atoms with E-state index in [9.17, 15) is 0 Å². The van der Waals surface area contributed by atoms with Crippen molar-refractivity contribution in [3.63, 3.8) is 0 Å². The largest absolute Gasteiger partial charge is 0.381 e. The Morgan fingerprint density at radius 3 is 2.86 bits per heavy atom. The number of hydrogen-bond donors (Lipinski definition) is 2. The number of aliphatic imine (C=N–C) groups is 1. The van der Waals surface area contributed by atoms with Gasteiger partial charge in [0.2, 0.25) is 11.7 Å². The maximum Gasteiger partial charge on any atom is 0.228 e. The summed E-state index contributed by atoms with van der Waals surface area (Å²) in [6.07, 6.45) is 1.51. The fourth-order valence-corrected chi connectivity index (χ4v) is 2.60. The second-order valence-corrected chi connectivity index (χ2v) is 7.22. The first-order chi connectivity index (χ1) is 13.6. The first kappa shape index (κ1) is 25.6. The van der Waals surface area contributed by atoms with Gasteiger partial charge in [0.15, 0.2) is 5.96 Å². The fourth-order valence-electron chi connectivity index (χ4n) is 2.41. The van der Waals surface area contributed by atoms with E-state index < -0.39 is 0 Å². The Morgan fingerprint density at radius 2 is 2.14 bits per heavy atom. The second kappa shape index (κ2) is 14.6. The molecule has 162 valence electrons. The van der Waals surface area contributed by atoms with Crippen LogP contribution in [0.5, 0.6) is 0 Å². The van der Waals surface area contributed by atoms with E-state index in [1.807, 2.05) is 31.2 Å². The zero-order valence-corrected chi connectivity index (χ0v) is 20.4. The summed E-state index contributed by atoms with van der Waals surface area (Å²) >= 11 is 6.01. The minimum atomic E-state index is 0. The number of ether oxygens (including phenoxy) is 1. The van der Waals surface area contributed by atoms with Gasteiger partial charge >= 0.3 is 0 Å². The van der Waals surface area contributed by atoms with Crippen molar-refractivity contribution < 1.29 is 9.26 Å². The summed E-state index contributed by atoms with van der Waals surface area (Å²) < 4.78 is 10.9. The molecule has 0 unspecified atom stereocenters. The number of hydrogen-bond acceptors (Lipinski definition) is 5. The predicted octanol–water partition coefficient (Wildman–Crippen LogP) is 4.17. The number of benzene rings is 1. The van der Waals surface area contributed by atoms with E-state index >= 15 is 0 Å². The number of nitrogens with zero attached hydrogens (tertiary/aromatic N) is 3. The van der Waals surface area contributed by atoms with Gasteiger partial charge in [-0.3, -0.25) is 4.99 Å². The van der Waals surface area contributed by atoms with Crippen LogP contribution in [0.2, 0.25) is 5.02 Å². The molecule has 1 aromatic heterocycles. The highest BCUT2D eigenvalue weighted by atomic mass is 127. The van der Waals surface area contributed by atoms with Gasteiger partial charge < -0.3 is 19.9 Å². The molecule has 0 spiro atoms. The lowest BCUT2D eigenvalue weighted by Gasteiger charge is -2.10. The van der Waals surface area contributed by atoms with Gasteiger partial charge in [-0.05, 0) is 31.4 Å². The highest BCUT2D eigenvalue weighted by molar-refractivity contribution is 14.0. The van der Waals surface area contributed by atoms with Crippen LogP contribution in [0.25, 0.3) is 11.4 Å². The molecule has 2 rings (SSSR count). The molecule has 0 aliphatic carbocycles. The van der Waals surface area contributed by atoms with Crippen molar-refractivity contribution in [3.05, 3.63) is 35.2 Å². The zero-order chi connectivity index (χ0) is 20.2. The summed E-state index contributed by atoms with van der Waals surface area (Å²) in [7, 11) is 0. The SMILES string of the molecule is CCNC(=NCCCOCC(C)C)NCCc1nc(-c2cccc(Cl)c2)no1.I. The predicted molar refractivity (Wildman–Crippen MR) is 128 cm³/mol. The lowest BCUT2D eigenvalue weighted by Crippen LogP contribution is -2.38. The van der Waals surface area contributed by atoms with Crippen molar-refractivity contribution in [2.45, 2.75) is 33.6 Å². The van der Waals surface area contributed by atoms with E-state index in [4.69, 9.17) is 20.9 Å². The maximum absolute atomic E-state index is 6.01. The monoisotopic (exact) mass is 535 g/mol. The lowest BCUT2D eigenvalue weighted by molar-refractivity contribution is 0.109. The van der Waals surface area contributed by atoms with E-state index in [-0.39, 0.29) is 24.0 Å². The minimum Gasteiger partial charge on any atom is -0.381 e. The van der Waals surface area contributed by atoms with Gasteiger partial charge in [-0.15, -0.1) is 24.0 Å². The van der Waals surface area contributed by atoms with Gasteiger partial charge in [-0.25, -0.2) is 0 Å². The third-order valence-corrected chi connectivity index (χ3v) is 3.93. The van der Waals surface area contributed by atoms with Crippen LogP contribution in [-0.4, -0.2) is 48.9 Å². The number of nitrogens with one attached hydrogen (secondary N) is 2. The number of halogens is 2. The molecule has 1 heterocycles. The Hall–Kier alpha value is -1.39. The molecule has 29 heavy (non-hydrogen) atoms. The summed E-state index contributed by atoms with van der Waals surface area (Å²) in [4.78, 5) is 8.98. The van der Waals surface area contributed by atoms with Crippen molar-refractivity contribution >= 4 is 41.5 Å². The van der Waals surface area contributed by atoms with Crippen molar-refractivity contribution in [2.75, 3.05) is 32.8 Å². The Morgan fingerprint density at radius 1 is 1.31 bits per heavy atom. The van der Waals surface area contributed by atoms with Crippen LogP contribution in [-0.2, 0) is 11.2 Å². The van der Waals surface area contributed by atoms with Crippen LogP contribution in [0.1, 0.15) is 33.1 Å². The summed E-state index contributed by atoms with van der Waals surface area (Å²) in [5.74, 6) is 2.45. The molecule has 0 atom stereocenters. The van der Waals surface area contributed by atoms with Crippen molar-refractivity contribution in [1.29, 1.82) is 0 Å². The maximum atomic E-state index is 6.01. The number of guanidine groups is 1. The van der Waals surface area contributed by atoms with E-state index in [0.29, 0.717) is 42.2 Å². The minimum absolute atomic E-state index is 0. The molecule has 0 saturated carbocycles. The molecule has 2 aromatic rings. The van der Waals surface area contributed by atoms with Crippen molar-refractivity contribution in [2.24, 2.45) is 10.9 Å². The van der Waals surface area contributed by atoms with Crippen molar-refractivity contribution in [3.8, 4) is 11.4 Å². The molecular weight excluding hydrogens is 505 g/mol. The Balaban J connectivity index is 0.00000420. The normalized spacial score (nSPS) is 11.4. The topological polar surface area (TPSA) is 84.6 Å². The Kier molecular flexibility index (Phi) is 12.9. The van der Waals surface area contributed by atoms with Crippen LogP contribution in [0.3, 0.4) is 0 Å². The van der Waals surface area contributed by atoms with Crippen LogP contribution >= 0.6 is 35.6 Å². The second-order valence-electron chi connectivity index (χ2n) is 6.78. The van der Waals surface area contributed by atoms with E-state index in [1.54, 1.807) is 0 Å². The smallest absolute Gasteiger partial charge is 0.228 e. The van der Waals surface area contributed by atoms with Crippen LogP contribution < -0.4 is 10.6 Å². The standard InChI is InChI=1S/C20H30ClN5O2.HI/c1-4-22-20(23-10-6-12-27-14-15(2)3)24-11-9-18-25-19(26-28-18)16-7-5-8-17(21)13-16;/h5,7-8,13,15H,4,6,9-12,14H2,1-3H3,(H2,22,23,24);1H. The van der Waals surface area contributed by atoms with E-state index in [2.05, 4.69) is 39.6 Å². The van der Waals surface area contributed by atoms with E-state index in [0.717, 1.165) is 37.7 Å². The lowest BCUT2D eigenvalue weighted by atomic mass is 10.2. The summed E-state index contributed by atoms with van der Waals surface area (Å²) in [6.45, 7) is 10.0. The third kappa shape index (κ3) is 10.3.